The minimum absolute atomic E-state index is 0.182. The van der Waals surface area contributed by atoms with E-state index in [4.69, 9.17) is 14.9 Å². The first-order chi connectivity index (χ1) is 11.1. The Labute approximate surface area is 134 Å². The number of nitrogens with one attached hydrogen (secondary N) is 3. The van der Waals surface area contributed by atoms with E-state index >= 15 is 0 Å². The molecule has 0 fully saturated rings. The summed E-state index contributed by atoms with van der Waals surface area (Å²) in [5.74, 6) is -0.389. The zero-order valence-electron chi connectivity index (χ0n) is 13.1. The topological polar surface area (TPSA) is 101 Å². The van der Waals surface area contributed by atoms with E-state index < -0.39 is 5.97 Å². The third-order valence-corrected chi connectivity index (χ3v) is 3.33. The van der Waals surface area contributed by atoms with Gasteiger partial charge in [0.25, 0.3) is 5.91 Å². The number of ether oxygens (including phenoxy) is 2. The number of rotatable bonds is 6. The van der Waals surface area contributed by atoms with Crippen molar-refractivity contribution < 1.29 is 19.1 Å². The monoisotopic (exact) mass is 317 g/mol. The van der Waals surface area contributed by atoms with Crippen LogP contribution in [0.15, 0.2) is 35.5 Å². The van der Waals surface area contributed by atoms with Crippen molar-refractivity contribution in [2.24, 2.45) is 0 Å². The summed E-state index contributed by atoms with van der Waals surface area (Å²) in [6.45, 7) is 2.23. The molecule has 23 heavy (non-hydrogen) atoms. The molecule has 7 heteroatoms. The predicted octanol–water partition coefficient (Wildman–Crippen LogP) is 1.46. The van der Waals surface area contributed by atoms with Gasteiger partial charge in [0, 0.05) is 17.8 Å². The number of esters is 1. The molecular formula is C16H19N3O4. The average molecular weight is 317 g/mol. The van der Waals surface area contributed by atoms with Gasteiger partial charge in [0.1, 0.15) is 17.2 Å². The molecule has 0 radical (unpaired) electrons. The summed E-state index contributed by atoms with van der Waals surface area (Å²) in [5, 5.41) is 13.6. The molecule has 7 nitrogen and oxygen atoms in total. The van der Waals surface area contributed by atoms with E-state index in [1.165, 1.54) is 0 Å². The summed E-state index contributed by atoms with van der Waals surface area (Å²) in [6, 6.07) is 7.00. The summed E-state index contributed by atoms with van der Waals surface area (Å²) in [7, 11) is 1.57. The van der Waals surface area contributed by atoms with Crippen molar-refractivity contribution in [3.8, 4) is 5.75 Å². The van der Waals surface area contributed by atoms with Crippen LogP contribution in [0.2, 0.25) is 0 Å². The third kappa shape index (κ3) is 3.88. The van der Waals surface area contributed by atoms with Crippen LogP contribution in [-0.2, 0) is 14.3 Å². The van der Waals surface area contributed by atoms with Crippen LogP contribution in [0.5, 0.6) is 5.75 Å². The summed E-state index contributed by atoms with van der Waals surface area (Å²) in [5.41, 5.74) is 0.909. The van der Waals surface area contributed by atoms with E-state index in [9.17, 15) is 9.59 Å². The largest absolute Gasteiger partial charge is 0.497 e. The van der Waals surface area contributed by atoms with Gasteiger partial charge < -0.3 is 20.1 Å². The van der Waals surface area contributed by atoms with Crippen molar-refractivity contribution >= 4 is 23.3 Å². The molecule has 0 saturated heterocycles. The van der Waals surface area contributed by atoms with Gasteiger partial charge in [-0.25, -0.2) is 4.79 Å². The van der Waals surface area contributed by atoms with Crippen molar-refractivity contribution in [3.05, 3.63) is 35.5 Å². The molecule has 2 rings (SSSR count). The molecule has 1 heterocycles. The molecule has 0 aliphatic carbocycles. The molecule has 122 valence electrons. The van der Waals surface area contributed by atoms with E-state index in [2.05, 4.69) is 10.6 Å². The highest BCUT2D eigenvalue weighted by Crippen LogP contribution is 2.21. The molecule has 1 aliphatic heterocycles. The SMILES string of the molecule is CCOC(=O)C(=N)C1=C(Nc2ccc(OC)cc2)C(=O)NCC1. The second-order valence-electron chi connectivity index (χ2n) is 4.81. The maximum absolute atomic E-state index is 12.1. The normalized spacial score (nSPS) is 14.1. The number of anilines is 1. The number of carbonyl (C=O) groups is 2. The van der Waals surface area contributed by atoms with Crippen LogP contribution in [0.1, 0.15) is 13.3 Å². The van der Waals surface area contributed by atoms with Crippen LogP contribution in [-0.4, -0.2) is 37.8 Å². The van der Waals surface area contributed by atoms with Crippen LogP contribution in [0.4, 0.5) is 5.69 Å². The Bertz CT molecular complexity index is 650. The van der Waals surface area contributed by atoms with Gasteiger partial charge in [-0.1, -0.05) is 0 Å². The molecule has 1 aliphatic rings. The van der Waals surface area contributed by atoms with E-state index in [0.717, 1.165) is 0 Å². The fourth-order valence-electron chi connectivity index (χ4n) is 2.18. The smallest absolute Gasteiger partial charge is 0.356 e. The maximum atomic E-state index is 12.1. The molecular weight excluding hydrogens is 298 g/mol. The average Bonchev–Trinajstić information content (AvgIpc) is 2.57. The fraction of sp³-hybridized carbons (Fsp3) is 0.312. The number of hydrogen-bond donors (Lipinski definition) is 3. The second-order valence-corrected chi connectivity index (χ2v) is 4.81. The molecule has 1 aromatic rings. The van der Waals surface area contributed by atoms with Gasteiger partial charge >= 0.3 is 5.97 Å². The quantitative estimate of drug-likeness (QED) is 0.545. The number of methoxy groups -OCH3 is 1. The highest BCUT2D eigenvalue weighted by molar-refractivity contribution is 6.43. The summed E-state index contributed by atoms with van der Waals surface area (Å²) in [6.07, 6.45) is 0.391. The van der Waals surface area contributed by atoms with Crippen molar-refractivity contribution in [1.82, 2.24) is 5.32 Å². The minimum atomic E-state index is -0.730. The summed E-state index contributed by atoms with van der Waals surface area (Å²) in [4.78, 5) is 23.9. The Hall–Kier alpha value is -2.83. The van der Waals surface area contributed by atoms with Crippen LogP contribution in [0, 0.1) is 5.41 Å². The standard InChI is InChI=1S/C16H19N3O4/c1-3-23-16(21)13(17)12-8-9-18-15(20)14(12)19-10-4-6-11(22-2)7-5-10/h4-7,17,19H,3,8-9H2,1-2H3,(H,18,20). The first-order valence-electron chi connectivity index (χ1n) is 7.25. The summed E-state index contributed by atoms with van der Waals surface area (Å²) >= 11 is 0. The number of carbonyl (C=O) groups excluding carboxylic acids is 2. The van der Waals surface area contributed by atoms with Gasteiger partial charge in [-0.3, -0.25) is 10.2 Å². The van der Waals surface area contributed by atoms with Crippen molar-refractivity contribution in [3.63, 3.8) is 0 Å². The lowest BCUT2D eigenvalue weighted by atomic mass is 10.0. The number of amides is 1. The van der Waals surface area contributed by atoms with Gasteiger partial charge in [-0.15, -0.1) is 0 Å². The van der Waals surface area contributed by atoms with Crippen molar-refractivity contribution in [1.29, 1.82) is 5.41 Å². The second kappa shape index (κ2) is 7.44. The van der Waals surface area contributed by atoms with Crippen LogP contribution in [0.25, 0.3) is 0 Å². The molecule has 3 N–H and O–H groups in total. The number of benzene rings is 1. The fourth-order valence-corrected chi connectivity index (χ4v) is 2.18. The first-order valence-corrected chi connectivity index (χ1v) is 7.25. The van der Waals surface area contributed by atoms with Crippen LogP contribution < -0.4 is 15.4 Å². The van der Waals surface area contributed by atoms with E-state index in [0.29, 0.717) is 30.0 Å². The zero-order chi connectivity index (χ0) is 16.8. The predicted molar refractivity (Wildman–Crippen MR) is 85.6 cm³/mol. The Balaban J connectivity index is 2.29. The first kappa shape index (κ1) is 16.5. The van der Waals surface area contributed by atoms with Gasteiger partial charge in [-0.2, -0.15) is 0 Å². The molecule has 0 spiro atoms. The van der Waals surface area contributed by atoms with Gasteiger partial charge in [0.2, 0.25) is 0 Å². The van der Waals surface area contributed by atoms with Gasteiger partial charge in [0.05, 0.1) is 13.7 Å². The Morgan fingerprint density at radius 3 is 2.65 bits per heavy atom. The highest BCUT2D eigenvalue weighted by Gasteiger charge is 2.27. The molecule has 0 atom stereocenters. The Morgan fingerprint density at radius 2 is 2.04 bits per heavy atom. The van der Waals surface area contributed by atoms with Crippen molar-refractivity contribution in [2.45, 2.75) is 13.3 Å². The van der Waals surface area contributed by atoms with Crippen molar-refractivity contribution in [2.75, 3.05) is 25.6 Å². The molecule has 1 amide bonds. The van der Waals surface area contributed by atoms with Crippen LogP contribution in [0.3, 0.4) is 0 Å². The third-order valence-electron chi connectivity index (χ3n) is 3.33. The molecule has 1 aromatic carbocycles. The van der Waals surface area contributed by atoms with Gasteiger partial charge in [0.15, 0.2) is 0 Å². The lowest BCUT2D eigenvalue weighted by molar-refractivity contribution is -0.135. The number of hydrogen-bond acceptors (Lipinski definition) is 6. The molecule has 0 bridgehead atoms. The summed E-state index contributed by atoms with van der Waals surface area (Å²) < 4.78 is 9.93. The minimum Gasteiger partial charge on any atom is -0.497 e. The van der Waals surface area contributed by atoms with Crippen LogP contribution >= 0.6 is 0 Å². The van der Waals surface area contributed by atoms with E-state index in [-0.39, 0.29) is 23.9 Å². The molecule has 0 aromatic heterocycles. The highest BCUT2D eigenvalue weighted by atomic mass is 16.5. The Kier molecular flexibility index (Phi) is 5.35. The molecule has 0 saturated carbocycles. The van der Waals surface area contributed by atoms with E-state index in [1.807, 2.05) is 0 Å². The Morgan fingerprint density at radius 1 is 1.35 bits per heavy atom. The lowest BCUT2D eigenvalue weighted by Gasteiger charge is -2.21. The van der Waals surface area contributed by atoms with Gasteiger partial charge in [-0.05, 0) is 37.6 Å². The van der Waals surface area contributed by atoms with E-state index in [1.54, 1.807) is 38.3 Å². The maximum Gasteiger partial charge on any atom is 0.356 e. The lowest BCUT2D eigenvalue weighted by Crippen LogP contribution is -2.37. The zero-order valence-corrected chi connectivity index (χ0v) is 13.1. The molecule has 0 unspecified atom stereocenters.